The van der Waals surface area contributed by atoms with Crippen molar-refractivity contribution < 1.29 is 28.6 Å². The predicted octanol–water partition coefficient (Wildman–Crippen LogP) is 13.0. The maximum atomic E-state index is 12.6. The molecule has 0 aromatic rings. The third kappa shape index (κ3) is 37.5. The predicted molar refractivity (Wildman–Crippen MR) is 206 cm³/mol. The first-order chi connectivity index (χ1) is 23.7. The molecule has 0 aliphatic rings. The van der Waals surface area contributed by atoms with Crippen molar-refractivity contribution in [3.63, 3.8) is 0 Å². The van der Waals surface area contributed by atoms with E-state index in [4.69, 9.17) is 14.2 Å². The largest absolute Gasteiger partial charge is 0.462 e. The summed E-state index contributed by atoms with van der Waals surface area (Å²) in [6, 6.07) is 0. The van der Waals surface area contributed by atoms with E-state index in [9.17, 15) is 14.4 Å². The van der Waals surface area contributed by atoms with E-state index in [2.05, 4.69) is 34.6 Å². The molecule has 0 unspecified atom stereocenters. The number of carbonyl (C=O) groups is 3. The van der Waals surface area contributed by atoms with E-state index in [1.54, 1.807) is 0 Å². The van der Waals surface area contributed by atoms with Crippen LogP contribution in [0.4, 0.5) is 0 Å². The van der Waals surface area contributed by atoms with Crippen molar-refractivity contribution in [1.29, 1.82) is 0 Å². The van der Waals surface area contributed by atoms with Crippen LogP contribution in [0.2, 0.25) is 0 Å². The topological polar surface area (TPSA) is 78.9 Å². The number of esters is 3. The lowest BCUT2D eigenvalue weighted by Crippen LogP contribution is -2.30. The highest BCUT2D eigenvalue weighted by Crippen LogP contribution is 2.16. The Hall–Kier alpha value is -1.59. The van der Waals surface area contributed by atoms with Gasteiger partial charge in [0.2, 0.25) is 0 Å². The molecule has 0 fully saturated rings. The van der Waals surface area contributed by atoms with Crippen LogP contribution >= 0.6 is 0 Å². The molecule has 0 bridgehead atoms. The summed E-state index contributed by atoms with van der Waals surface area (Å²) in [6.07, 6.45) is 32.4. The Morgan fingerprint density at radius 3 is 1.00 bits per heavy atom. The fraction of sp³-hybridized carbons (Fsp3) is 0.930. The van der Waals surface area contributed by atoms with E-state index in [0.717, 1.165) is 69.6 Å². The van der Waals surface area contributed by atoms with Crippen molar-refractivity contribution in [3.8, 4) is 0 Å². The van der Waals surface area contributed by atoms with Gasteiger partial charge in [0.1, 0.15) is 13.2 Å². The monoisotopic (exact) mass is 695 g/mol. The van der Waals surface area contributed by atoms with Crippen molar-refractivity contribution in [2.24, 2.45) is 11.8 Å². The van der Waals surface area contributed by atoms with Gasteiger partial charge in [0.25, 0.3) is 0 Å². The van der Waals surface area contributed by atoms with E-state index in [-0.39, 0.29) is 31.1 Å². The van der Waals surface area contributed by atoms with Crippen LogP contribution in [0.15, 0.2) is 0 Å². The van der Waals surface area contributed by atoms with Gasteiger partial charge in [-0.3, -0.25) is 14.4 Å². The van der Waals surface area contributed by atoms with Crippen LogP contribution in [-0.2, 0) is 28.6 Å². The molecule has 0 saturated heterocycles. The lowest BCUT2D eigenvalue weighted by atomic mass is 10.0. The molecule has 0 aromatic carbocycles. The molecule has 0 saturated carbocycles. The molecule has 0 aliphatic carbocycles. The zero-order valence-corrected chi connectivity index (χ0v) is 33.3. The van der Waals surface area contributed by atoms with Crippen molar-refractivity contribution in [3.05, 3.63) is 0 Å². The lowest BCUT2D eigenvalue weighted by Gasteiger charge is -2.18. The third-order valence-corrected chi connectivity index (χ3v) is 9.47. The molecule has 1 atom stereocenters. The van der Waals surface area contributed by atoms with Crippen LogP contribution in [0.3, 0.4) is 0 Å². The summed E-state index contributed by atoms with van der Waals surface area (Å²) >= 11 is 0. The molecule has 0 radical (unpaired) electrons. The van der Waals surface area contributed by atoms with Gasteiger partial charge in [-0.2, -0.15) is 0 Å². The minimum absolute atomic E-state index is 0.0662. The summed E-state index contributed by atoms with van der Waals surface area (Å²) in [4.78, 5) is 37.5. The highest BCUT2D eigenvalue weighted by atomic mass is 16.6. The third-order valence-electron chi connectivity index (χ3n) is 9.47. The molecule has 0 amide bonds. The van der Waals surface area contributed by atoms with Gasteiger partial charge in [0, 0.05) is 19.3 Å². The molecule has 0 rings (SSSR count). The normalized spacial score (nSPS) is 12.1. The van der Waals surface area contributed by atoms with Crippen molar-refractivity contribution in [2.45, 2.75) is 233 Å². The summed E-state index contributed by atoms with van der Waals surface area (Å²) in [5.41, 5.74) is 0. The number of ether oxygens (including phenoxy) is 3. The maximum Gasteiger partial charge on any atom is 0.306 e. The summed E-state index contributed by atoms with van der Waals surface area (Å²) in [6.45, 7) is 11.2. The van der Waals surface area contributed by atoms with Gasteiger partial charge in [0.05, 0.1) is 0 Å². The van der Waals surface area contributed by atoms with Crippen molar-refractivity contribution >= 4 is 17.9 Å². The minimum atomic E-state index is -0.759. The molecule has 0 spiro atoms. The Balaban J connectivity index is 4.36. The van der Waals surface area contributed by atoms with E-state index < -0.39 is 6.10 Å². The number of hydrogen-bond donors (Lipinski definition) is 0. The highest BCUT2D eigenvalue weighted by molar-refractivity contribution is 5.71. The summed E-state index contributed by atoms with van der Waals surface area (Å²) in [7, 11) is 0. The van der Waals surface area contributed by atoms with Crippen LogP contribution < -0.4 is 0 Å². The zero-order chi connectivity index (χ0) is 36.2. The van der Waals surface area contributed by atoms with Gasteiger partial charge in [-0.1, -0.05) is 189 Å². The van der Waals surface area contributed by atoms with E-state index in [0.29, 0.717) is 19.3 Å². The number of carbonyl (C=O) groups excluding carboxylic acids is 3. The SMILES string of the molecule is CCCCCCCCCCCCC(=O)OC[C@@H](COC(=O)CCCCCCCCCC(C)C)OC(=O)CCCCCCCCCCC(C)C. The van der Waals surface area contributed by atoms with Gasteiger partial charge >= 0.3 is 17.9 Å². The molecule has 0 aromatic heterocycles. The van der Waals surface area contributed by atoms with E-state index in [1.165, 1.54) is 116 Å². The Kier molecular flexibility index (Phi) is 35.0. The molecule has 0 heterocycles. The first-order valence-corrected chi connectivity index (χ1v) is 21.2. The zero-order valence-electron chi connectivity index (χ0n) is 33.3. The van der Waals surface area contributed by atoms with Gasteiger partial charge in [0.15, 0.2) is 6.10 Å². The Morgan fingerprint density at radius 1 is 0.388 bits per heavy atom. The molecule has 0 N–H and O–H groups in total. The highest BCUT2D eigenvalue weighted by Gasteiger charge is 2.19. The van der Waals surface area contributed by atoms with Gasteiger partial charge in [-0.25, -0.2) is 0 Å². The summed E-state index contributed by atoms with van der Waals surface area (Å²) in [5, 5.41) is 0. The van der Waals surface area contributed by atoms with Crippen LogP contribution in [0, 0.1) is 11.8 Å². The first kappa shape index (κ1) is 47.4. The Bertz CT molecular complexity index is 749. The summed E-state index contributed by atoms with van der Waals surface area (Å²) in [5.74, 6) is 0.708. The smallest absolute Gasteiger partial charge is 0.306 e. The molecule has 290 valence electrons. The number of hydrogen-bond acceptors (Lipinski definition) is 6. The Morgan fingerprint density at radius 2 is 0.673 bits per heavy atom. The molecular formula is C43H82O6. The second kappa shape index (κ2) is 36.2. The standard InChI is InChI=1S/C43H82O6/c1-6-7-8-9-10-11-12-18-23-28-33-41(44)47-36-40(37-48-42(45)34-29-24-20-15-17-22-27-32-39(4)5)49-43(46)35-30-25-19-14-13-16-21-26-31-38(2)3/h38-40H,6-37H2,1-5H3/t40-/m0/s1. The van der Waals surface area contributed by atoms with Gasteiger partial charge in [-0.15, -0.1) is 0 Å². The molecule has 49 heavy (non-hydrogen) atoms. The molecule has 0 aliphatic heterocycles. The second-order valence-corrected chi connectivity index (χ2v) is 15.6. The minimum Gasteiger partial charge on any atom is -0.462 e. The second-order valence-electron chi connectivity index (χ2n) is 15.6. The average Bonchev–Trinajstić information content (AvgIpc) is 3.06. The van der Waals surface area contributed by atoms with Crippen LogP contribution in [0.1, 0.15) is 227 Å². The molecular weight excluding hydrogens is 612 g/mol. The van der Waals surface area contributed by atoms with Gasteiger partial charge < -0.3 is 14.2 Å². The van der Waals surface area contributed by atoms with Gasteiger partial charge in [-0.05, 0) is 31.1 Å². The van der Waals surface area contributed by atoms with E-state index >= 15 is 0 Å². The Labute approximate surface area is 304 Å². The number of rotatable bonds is 37. The number of unbranched alkanes of at least 4 members (excludes halogenated alkanes) is 22. The lowest BCUT2D eigenvalue weighted by molar-refractivity contribution is -0.167. The first-order valence-electron chi connectivity index (χ1n) is 21.2. The van der Waals surface area contributed by atoms with Crippen molar-refractivity contribution in [2.75, 3.05) is 13.2 Å². The van der Waals surface area contributed by atoms with Crippen molar-refractivity contribution in [1.82, 2.24) is 0 Å². The summed E-state index contributed by atoms with van der Waals surface area (Å²) < 4.78 is 16.6. The maximum absolute atomic E-state index is 12.6. The fourth-order valence-electron chi connectivity index (χ4n) is 6.22. The quantitative estimate of drug-likeness (QED) is 0.0366. The fourth-order valence-corrected chi connectivity index (χ4v) is 6.22. The van der Waals surface area contributed by atoms with E-state index in [1.807, 2.05) is 0 Å². The van der Waals surface area contributed by atoms with Crippen LogP contribution in [-0.4, -0.2) is 37.2 Å². The average molecular weight is 695 g/mol. The van der Waals surface area contributed by atoms with Crippen LogP contribution in [0.25, 0.3) is 0 Å². The van der Waals surface area contributed by atoms with Crippen LogP contribution in [0.5, 0.6) is 0 Å². The molecule has 6 nitrogen and oxygen atoms in total. The molecule has 6 heteroatoms.